The minimum absolute atomic E-state index is 0.00841. The molecule has 3 N–H and O–H groups in total. The third-order valence-electron chi connectivity index (χ3n) is 6.24. The van der Waals surface area contributed by atoms with Gasteiger partial charge in [0.05, 0.1) is 17.1 Å². The Kier molecular flexibility index (Phi) is 7.00. The van der Waals surface area contributed by atoms with E-state index in [4.69, 9.17) is 15.5 Å². The highest BCUT2D eigenvalue weighted by Crippen LogP contribution is 2.37. The second kappa shape index (κ2) is 10.7. The van der Waals surface area contributed by atoms with E-state index in [1.807, 2.05) is 91.1 Å². The van der Waals surface area contributed by atoms with Gasteiger partial charge < -0.3 is 15.8 Å². The number of nitrogens with two attached hydrogens (primary N) is 1. The molecule has 0 fully saturated rings. The summed E-state index contributed by atoms with van der Waals surface area (Å²) >= 11 is 0. The zero-order chi connectivity index (χ0) is 26.5. The molecule has 0 saturated heterocycles. The van der Waals surface area contributed by atoms with Crippen molar-refractivity contribution in [2.75, 3.05) is 16.0 Å². The summed E-state index contributed by atoms with van der Waals surface area (Å²) < 4.78 is 6.31. The first kappa shape index (κ1) is 24.9. The Balaban J connectivity index is 1.46. The number of anilines is 6. The number of ether oxygens (including phenoxy) is 1. The lowest BCUT2D eigenvalue weighted by molar-refractivity contribution is 0.483. The molecule has 0 unspecified atom stereocenters. The summed E-state index contributed by atoms with van der Waals surface area (Å²) in [5.41, 5.74) is 11.8. The lowest BCUT2D eigenvalue weighted by Gasteiger charge is -2.27. The van der Waals surface area contributed by atoms with Crippen LogP contribution >= 0.6 is 0 Å². The third-order valence-corrected chi connectivity index (χ3v) is 6.24. The fraction of sp³-hybridized carbons (Fsp3) is 0.121. The molecular weight excluding hydrogens is 468 g/mol. The number of benzene rings is 4. The molecule has 4 aromatic carbocycles. The molecule has 0 saturated carbocycles. The highest BCUT2D eigenvalue weighted by Gasteiger charge is 2.19. The molecule has 0 radical (unpaired) electrons. The zero-order valence-electron chi connectivity index (χ0n) is 21.9. The minimum atomic E-state index is 0.00841. The number of pyridine rings is 1. The van der Waals surface area contributed by atoms with Gasteiger partial charge >= 0.3 is 0 Å². The third kappa shape index (κ3) is 5.79. The van der Waals surface area contributed by atoms with E-state index in [-0.39, 0.29) is 5.41 Å². The van der Waals surface area contributed by atoms with Crippen molar-refractivity contribution >= 4 is 34.3 Å². The number of aromatic nitrogens is 1. The van der Waals surface area contributed by atoms with E-state index < -0.39 is 0 Å². The topological polar surface area (TPSA) is 63.4 Å². The van der Waals surface area contributed by atoms with Crippen molar-refractivity contribution in [2.45, 2.75) is 26.2 Å². The number of para-hydroxylation sites is 3. The van der Waals surface area contributed by atoms with Gasteiger partial charge in [-0.2, -0.15) is 0 Å². The Morgan fingerprint density at radius 2 is 1.39 bits per heavy atom. The number of nitrogens with zero attached hydrogens (tertiary/aromatic N) is 2. The van der Waals surface area contributed by atoms with Gasteiger partial charge in [0.15, 0.2) is 0 Å². The fourth-order valence-corrected chi connectivity index (χ4v) is 4.22. The molecule has 190 valence electrons. The van der Waals surface area contributed by atoms with E-state index in [0.717, 1.165) is 40.1 Å². The van der Waals surface area contributed by atoms with E-state index in [1.165, 1.54) is 5.56 Å². The molecule has 5 heteroatoms. The first-order valence-corrected chi connectivity index (χ1v) is 12.7. The van der Waals surface area contributed by atoms with Crippen molar-refractivity contribution in [3.63, 3.8) is 0 Å². The Hall–Kier alpha value is -4.77. The van der Waals surface area contributed by atoms with Crippen molar-refractivity contribution in [1.29, 1.82) is 0 Å². The van der Waals surface area contributed by atoms with Crippen LogP contribution in [0.5, 0.6) is 11.5 Å². The Morgan fingerprint density at radius 1 is 0.711 bits per heavy atom. The van der Waals surface area contributed by atoms with Gasteiger partial charge in [0.2, 0.25) is 0 Å². The molecule has 0 aliphatic heterocycles. The Bertz CT molecular complexity index is 1530. The van der Waals surface area contributed by atoms with Crippen molar-refractivity contribution < 1.29 is 4.74 Å². The SMILES string of the molecule is CC(C)(C)c1ccnc(N(c2ccccc2)c2cccc(Oc3cccc(Nc4ccccc4N)c3)c2)c1. The molecule has 0 spiro atoms. The van der Waals surface area contributed by atoms with E-state index in [9.17, 15) is 0 Å². The lowest BCUT2D eigenvalue weighted by Crippen LogP contribution is -2.15. The maximum atomic E-state index is 6.31. The van der Waals surface area contributed by atoms with E-state index >= 15 is 0 Å². The number of nitrogen functional groups attached to an aromatic ring is 1. The number of hydrogen-bond donors (Lipinski definition) is 2. The first-order valence-electron chi connectivity index (χ1n) is 12.7. The van der Waals surface area contributed by atoms with Crippen LogP contribution in [0.25, 0.3) is 0 Å². The first-order chi connectivity index (χ1) is 18.4. The van der Waals surface area contributed by atoms with Gasteiger partial charge in [0.1, 0.15) is 17.3 Å². The van der Waals surface area contributed by atoms with Gasteiger partial charge in [-0.3, -0.25) is 4.90 Å². The molecule has 5 aromatic rings. The van der Waals surface area contributed by atoms with Crippen molar-refractivity contribution in [1.82, 2.24) is 4.98 Å². The van der Waals surface area contributed by atoms with Crippen LogP contribution in [0.4, 0.5) is 34.3 Å². The summed E-state index contributed by atoms with van der Waals surface area (Å²) in [5.74, 6) is 2.31. The molecule has 5 rings (SSSR count). The summed E-state index contributed by atoms with van der Waals surface area (Å²) in [6, 6.07) is 38.1. The molecule has 0 amide bonds. The summed E-state index contributed by atoms with van der Waals surface area (Å²) in [7, 11) is 0. The smallest absolute Gasteiger partial charge is 0.137 e. The zero-order valence-corrected chi connectivity index (χ0v) is 21.9. The molecule has 0 aliphatic carbocycles. The predicted molar refractivity (Wildman–Crippen MR) is 158 cm³/mol. The highest BCUT2D eigenvalue weighted by molar-refractivity contribution is 5.76. The van der Waals surface area contributed by atoms with E-state index in [2.05, 4.69) is 61.3 Å². The maximum absolute atomic E-state index is 6.31. The fourth-order valence-electron chi connectivity index (χ4n) is 4.22. The van der Waals surface area contributed by atoms with E-state index in [1.54, 1.807) is 0 Å². The molecule has 0 atom stereocenters. The Labute approximate surface area is 224 Å². The average molecular weight is 501 g/mol. The largest absolute Gasteiger partial charge is 0.457 e. The van der Waals surface area contributed by atoms with Crippen molar-refractivity contribution in [3.8, 4) is 11.5 Å². The van der Waals surface area contributed by atoms with Crippen LogP contribution in [0.2, 0.25) is 0 Å². The normalized spacial score (nSPS) is 11.1. The summed E-state index contributed by atoms with van der Waals surface area (Å²) in [6.07, 6.45) is 1.88. The van der Waals surface area contributed by atoms with Gasteiger partial charge in [-0.05, 0) is 71.6 Å². The summed E-state index contributed by atoms with van der Waals surface area (Å²) in [4.78, 5) is 6.90. The average Bonchev–Trinajstić information content (AvgIpc) is 2.91. The molecule has 0 aliphatic rings. The monoisotopic (exact) mass is 500 g/mol. The second-order valence-electron chi connectivity index (χ2n) is 10.2. The summed E-state index contributed by atoms with van der Waals surface area (Å²) in [6.45, 7) is 6.63. The second-order valence-corrected chi connectivity index (χ2v) is 10.2. The van der Waals surface area contributed by atoms with Crippen LogP contribution in [0.15, 0.2) is 121 Å². The standard InChI is InChI=1S/C33H32N4O/c1-33(2,3)24-19-20-35-32(21-24)37(26-12-5-4-6-13-26)27-14-10-16-29(23-27)38-28-15-9-11-25(22-28)36-31-18-8-7-17-30(31)34/h4-23,36H,34H2,1-3H3. The molecule has 0 bridgehead atoms. The van der Waals surface area contributed by atoms with Crippen LogP contribution < -0.4 is 20.7 Å². The highest BCUT2D eigenvalue weighted by atomic mass is 16.5. The maximum Gasteiger partial charge on any atom is 0.137 e. The quantitative estimate of drug-likeness (QED) is 0.218. The van der Waals surface area contributed by atoms with Crippen LogP contribution in [0.3, 0.4) is 0 Å². The molecule has 38 heavy (non-hydrogen) atoms. The van der Waals surface area contributed by atoms with Crippen LogP contribution in [0.1, 0.15) is 26.3 Å². The Morgan fingerprint density at radius 3 is 2.16 bits per heavy atom. The summed E-state index contributed by atoms with van der Waals surface area (Å²) in [5, 5.41) is 3.37. The molecule has 1 heterocycles. The van der Waals surface area contributed by atoms with Crippen LogP contribution in [-0.4, -0.2) is 4.98 Å². The number of hydrogen-bond acceptors (Lipinski definition) is 5. The van der Waals surface area contributed by atoms with Crippen molar-refractivity contribution in [2.24, 2.45) is 0 Å². The van der Waals surface area contributed by atoms with Gasteiger partial charge in [-0.1, -0.05) is 63.2 Å². The predicted octanol–water partition coefficient (Wildman–Crippen LogP) is 8.97. The van der Waals surface area contributed by atoms with Crippen molar-refractivity contribution in [3.05, 3.63) is 127 Å². The minimum Gasteiger partial charge on any atom is -0.457 e. The molecular formula is C33H32N4O. The van der Waals surface area contributed by atoms with Gasteiger partial charge in [-0.15, -0.1) is 0 Å². The lowest BCUT2D eigenvalue weighted by atomic mass is 9.88. The van der Waals surface area contributed by atoms with Gasteiger partial charge in [-0.25, -0.2) is 4.98 Å². The van der Waals surface area contributed by atoms with E-state index in [0.29, 0.717) is 5.69 Å². The van der Waals surface area contributed by atoms with Crippen LogP contribution in [-0.2, 0) is 5.41 Å². The molecule has 5 nitrogen and oxygen atoms in total. The number of rotatable bonds is 7. The van der Waals surface area contributed by atoms with Crippen LogP contribution in [0, 0.1) is 0 Å². The van der Waals surface area contributed by atoms with Gasteiger partial charge in [0, 0.05) is 29.7 Å². The molecule has 1 aromatic heterocycles. The number of nitrogens with one attached hydrogen (secondary N) is 1. The van der Waals surface area contributed by atoms with Gasteiger partial charge in [0.25, 0.3) is 0 Å².